The van der Waals surface area contributed by atoms with Crippen molar-refractivity contribution >= 4 is 0 Å². The third-order valence-electron chi connectivity index (χ3n) is 4.31. The third kappa shape index (κ3) is 2.78. The van der Waals surface area contributed by atoms with E-state index < -0.39 is 0 Å². The van der Waals surface area contributed by atoms with Gasteiger partial charge in [-0.2, -0.15) is 5.10 Å². The largest absolute Gasteiger partial charge is 0.308 e. The summed E-state index contributed by atoms with van der Waals surface area (Å²) in [5, 5.41) is 8.20. The summed E-state index contributed by atoms with van der Waals surface area (Å²) in [6.45, 7) is 3.06. The second kappa shape index (κ2) is 5.80. The lowest BCUT2D eigenvalue weighted by Crippen LogP contribution is -2.34. The summed E-state index contributed by atoms with van der Waals surface area (Å²) >= 11 is 0. The van der Waals surface area contributed by atoms with Crippen LogP contribution < -0.4 is 5.32 Å². The van der Waals surface area contributed by atoms with Gasteiger partial charge < -0.3 is 5.32 Å². The number of benzene rings is 1. The highest BCUT2D eigenvalue weighted by molar-refractivity contribution is 5.30. The van der Waals surface area contributed by atoms with Crippen molar-refractivity contribution in [3.05, 3.63) is 52.8 Å². The molecule has 1 aromatic heterocycles. The topological polar surface area (TPSA) is 29.9 Å². The Bertz CT molecular complexity index is 586. The molecule has 0 saturated heterocycles. The molecule has 0 radical (unpaired) electrons. The zero-order chi connectivity index (χ0) is 13.9. The zero-order valence-corrected chi connectivity index (χ0v) is 12.4. The first-order chi connectivity index (χ1) is 9.76. The smallest absolute Gasteiger partial charge is 0.0625 e. The van der Waals surface area contributed by atoms with Crippen LogP contribution in [-0.4, -0.2) is 15.8 Å². The Morgan fingerprint density at radius 2 is 2.10 bits per heavy atom. The number of aryl methyl sites for hydroxylation is 3. The van der Waals surface area contributed by atoms with Gasteiger partial charge in [-0.15, -0.1) is 0 Å². The van der Waals surface area contributed by atoms with Gasteiger partial charge in [-0.3, -0.25) is 4.68 Å². The summed E-state index contributed by atoms with van der Waals surface area (Å²) < 4.78 is 2.00. The average molecular weight is 269 g/mol. The molecule has 0 spiro atoms. The van der Waals surface area contributed by atoms with E-state index in [0.29, 0.717) is 6.04 Å². The molecular formula is C17H23N3. The summed E-state index contributed by atoms with van der Waals surface area (Å²) in [7, 11) is 2.03. The second-order valence-corrected chi connectivity index (χ2v) is 5.69. The fourth-order valence-corrected chi connectivity index (χ4v) is 3.03. The van der Waals surface area contributed by atoms with Crippen LogP contribution in [0.3, 0.4) is 0 Å². The van der Waals surface area contributed by atoms with Crippen molar-refractivity contribution < 1.29 is 0 Å². The van der Waals surface area contributed by atoms with E-state index in [1.54, 1.807) is 0 Å². The van der Waals surface area contributed by atoms with Crippen LogP contribution in [0.2, 0.25) is 0 Å². The fraction of sp³-hybridized carbons (Fsp3) is 0.471. The highest BCUT2D eigenvalue weighted by Crippen LogP contribution is 2.21. The molecule has 0 fully saturated rings. The lowest BCUT2D eigenvalue weighted by molar-refractivity contribution is 0.449. The molecule has 1 aromatic carbocycles. The van der Waals surface area contributed by atoms with E-state index in [2.05, 4.69) is 47.7 Å². The molecule has 0 aliphatic heterocycles. The van der Waals surface area contributed by atoms with Crippen molar-refractivity contribution in [2.45, 2.75) is 45.2 Å². The lowest BCUT2D eigenvalue weighted by Gasteiger charge is -2.25. The van der Waals surface area contributed by atoms with Crippen molar-refractivity contribution in [2.24, 2.45) is 7.05 Å². The van der Waals surface area contributed by atoms with E-state index in [4.69, 9.17) is 0 Å². The highest BCUT2D eigenvalue weighted by atomic mass is 15.3. The van der Waals surface area contributed by atoms with E-state index in [1.165, 1.54) is 35.4 Å². The van der Waals surface area contributed by atoms with Crippen molar-refractivity contribution in [3.8, 4) is 0 Å². The van der Waals surface area contributed by atoms with Crippen LogP contribution in [0.15, 0.2) is 30.3 Å². The number of nitrogens with one attached hydrogen (secondary N) is 1. The van der Waals surface area contributed by atoms with E-state index in [0.717, 1.165) is 19.4 Å². The maximum atomic E-state index is 4.51. The van der Waals surface area contributed by atoms with Crippen LogP contribution in [0.4, 0.5) is 0 Å². The maximum Gasteiger partial charge on any atom is 0.0625 e. The molecule has 20 heavy (non-hydrogen) atoms. The van der Waals surface area contributed by atoms with Gasteiger partial charge in [0.05, 0.1) is 11.4 Å². The Balaban J connectivity index is 1.61. The Morgan fingerprint density at radius 1 is 1.30 bits per heavy atom. The Hall–Kier alpha value is -1.61. The van der Waals surface area contributed by atoms with E-state index in [9.17, 15) is 0 Å². The molecule has 0 saturated carbocycles. The van der Waals surface area contributed by atoms with Gasteiger partial charge in [0, 0.05) is 19.6 Å². The lowest BCUT2D eigenvalue weighted by atomic mass is 9.88. The van der Waals surface area contributed by atoms with Gasteiger partial charge in [-0.25, -0.2) is 0 Å². The molecule has 1 aliphatic rings. The van der Waals surface area contributed by atoms with Crippen molar-refractivity contribution in [2.75, 3.05) is 0 Å². The molecule has 1 atom stereocenters. The zero-order valence-electron chi connectivity index (χ0n) is 12.4. The summed E-state index contributed by atoms with van der Waals surface area (Å²) in [5.41, 5.74) is 5.49. The number of nitrogens with zero attached hydrogens (tertiary/aromatic N) is 2. The van der Waals surface area contributed by atoms with Gasteiger partial charge in [-0.05, 0) is 42.9 Å². The van der Waals surface area contributed by atoms with E-state index in [1.807, 2.05) is 11.7 Å². The Morgan fingerprint density at radius 3 is 2.85 bits per heavy atom. The normalized spacial score (nSPS) is 18.0. The molecule has 0 amide bonds. The molecule has 1 N–H and O–H groups in total. The average Bonchev–Trinajstić information content (AvgIpc) is 2.85. The monoisotopic (exact) mass is 269 g/mol. The maximum absolute atomic E-state index is 4.51. The SMILES string of the molecule is CCc1cc(CNC2CCc3ccccc3C2)n(C)n1. The van der Waals surface area contributed by atoms with Crippen molar-refractivity contribution in [3.63, 3.8) is 0 Å². The van der Waals surface area contributed by atoms with Crippen LogP contribution in [0, 0.1) is 0 Å². The van der Waals surface area contributed by atoms with Crippen LogP contribution in [0.1, 0.15) is 35.9 Å². The van der Waals surface area contributed by atoms with Crippen LogP contribution in [0.25, 0.3) is 0 Å². The summed E-state index contributed by atoms with van der Waals surface area (Å²) in [6, 6.07) is 11.6. The van der Waals surface area contributed by atoms with Crippen molar-refractivity contribution in [1.29, 1.82) is 0 Å². The Labute approximate surface area is 121 Å². The van der Waals surface area contributed by atoms with Crippen LogP contribution in [0.5, 0.6) is 0 Å². The minimum absolute atomic E-state index is 0.588. The van der Waals surface area contributed by atoms with Gasteiger partial charge in [0.25, 0.3) is 0 Å². The quantitative estimate of drug-likeness (QED) is 0.924. The molecule has 0 bridgehead atoms. The first-order valence-corrected chi connectivity index (χ1v) is 7.58. The third-order valence-corrected chi connectivity index (χ3v) is 4.31. The molecule has 1 heterocycles. The molecule has 3 nitrogen and oxygen atoms in total. The number of hydrogen-bond donors (Lipinski definition) is 1. The first kappa shape index (κ1) is 13.4. The minimum Gasteiger partial charge on any atom is -0.308 e. The summed E-state index contributed by atoms with van der Waals surface area (Å²) in [5.74, 6) is 0. The first-order valence-electron chi connectivity index (χ1n) is 7.58. The number of hydrogen-bond acceptors (Lipinski definition) is 2. The predicted molar refractivity (Wildman–Crippen MR) is 81.7 cm³/mol. The second-order valence-electron chi connectivity index (χ2n) is 5.69. The van der Waals surface area contributed by atoms with E-state index in [-0.39, 0.29) is 0 Å². The standard InChI is InChI=1S/C17H23N3/c1-3-15-11-17(20(2)19-15)12-18-16-9-8-13-6-4-5-7-14(13)10-16/h4-7,11,16,18H,3,8-10,12H2,1-2H3. The predicted octanol–water partition coefficient (Wildman–Crippen LogP) is 2.63. The van der Waals surface area contributed by atoms with Crippen LogP contribution in [-0.2, 0) is 32.9 Å². The van der Waals surface area contributed by atoms with Crippen LogP contribution >= 0.6 is 0 Å². The van der Waals surface area contributed by atoms with Gasteiger partial charge in [0.15, 0.2) is 0 Å². The van der Waals surface area contributed by atoms with Gasteiger partial charge in [-0.1, -0.05) is 31.2 Å². The summed E-state index contributed by atoms with van der Waals surface area (Å²) in [6.07, 6.45) is 4.58. The number of aromatic nitrogens is 2. The van der Waals surface area contributed by atoms with Gasteiger partial charge in [0.1, 0.15) is 0 Å². The van der Waals surface area contributed by atoms with E-state index >= 15 is 0 Å². The molecular weight excluding hydrogens is 246 g/mol. The number of fused-ring (bicyclic) bond motifs is 1. The molecule has 1 unspecified atom stereocenters. The highest BCUT2D eigenvalue weighted by Gasteiger charge is 2.18. The summed E-state index contributed by atoms with van der Waals surface area (Å²) in [4.78, 5) is 0. The molecule has 1 aliphatic carbocycles. The minimum atomic E-state index is 0.588. The Kier molecular flexibility index (Phi) is 3.88. The number of rotatable bonds is 4. The molecule has 3 heteroatoms. The van der Waals surface area contributed by atoms with Gasteiger partial charge in [0.2, 0.25) is 0 Å². The fourth-order valence-electron chi connectivity index (χ4n) is 3.03. The molecule has 3 rings (SSSR count). The molecule has 106 valence electrons. The van der Waals surface area contributed by atoms with Gasteiger partial charge >= 0.3 is 0 Å². The molecule has 2 aromatic rings. The van der Waals surface area contributed by atoms with Crippen molar-refractivity contribution in [1.82, 2.24) is 15.1 Å².